The summed E-state index contributed by atoms with van der Waals surface area (Å²) >= 11 is 6.90. The lowest BCUT2D eigenvalue weighted by atomic mass is 10.2. The number of carbonyl (C=O) groups is 1. The van der Waals surface area contributed by atoms with Gasteiger partial charge in [-0.25, -0.2) is 0 Å². The Balaban J connectivity index is 2.16. The minimum Gasteiger partial charge on any atom is -0.481 e. The summed E-state index contributed by atoms with van der Waals surface area (Å²) in [4.78, 5) is 10.6. The summed E-state index contributed by atoms with van der Waals surface area (Å²) < 4.78 is 1.66. The van der Waals surface area contributed by atoms with Gasteiger partial charge in [-0.15, -0.1) is 10.2 Å². The third-order valence-electron chi connectivity index (χ3n) is 2.32. The number of carboxylic acids is 1. The van der Waals surface area contributed by atoms with Crippen LogP contribution in [0.25, 0.3) is 0 Å². The minimum absolute atomic E-state index is 0.0846. The molecule has 2 aromatic rings. The van der Waals surface area contributed by atoms with Gasteiger partial charge >= 0.3 is 5.97 Å². The molecule has 0 saturated heterocycles. The molecule has 19 heavy (non-hydrogen) atoms. The van der Waals surface area contributed by atoms with E-state index in [1.54, 1.807) is 16.7 Å². The number of aliphatic carboxylic acids is 1. The standard InChI is InChI=1S/C11H11ClN4O2S/c12-8-3-1-7(2-4-8)5-16-10(13)14-15-11(16)19-6-9(17)18/h1-4H,5-6H2,(H2,13,14)(H,17,18). The number of hydrogen-bond acceptors (Lipinski definition) is 5. The molecule has 0 unspecified atom stereocenters. The van der Waals surface area contributed by atoms with Crippen molar-refractivity contribution in [3.63, 3.8) is 0 Å². The first kappa shape index (κ1) is 13.7. The Kier molecular flexibility index (Phi) is 4.28. The maximum atomic E-state index is 10.6. The third kappa shape index (κ3) is 3.62. The van der Waals surface area contributed by atoms with E-state index in [0.717, 1.165) is 17.3 Å². The molecule has 0 amide bonds. The van der Waals surface area contributed by atoms with E-state index >= 15 is 0 Å². The maximum absolute atomic E-state index is 10.6. The van der Waals surface area contributed by atoms with Crippen LogP contribution >= 0.6 is 23.4 Å². The van der Waals surface area contributed by atoms with E-state index in [0.29, 0.717) is 16.7 Å². The van der Waals surface area contributed by atoms with Gasteiger partial charge in [0.25, 0.3) is 0 Å². The van der Waals surface area contributed by atoms with Crippen LogP contribution in [0.4, 0.5) is 5.95 Å². The Labute approximate surface area is 118 Å². The van der Waals surface area contributed by atoms with Gasteiger partial charge in [-0.1, -0.05) is 35.5 Å². The second kappa shape index (κ2) is 5.94. The van der Waals surface area contributed by atoms with Crippen LogP contribution < -0.4 is 5.73 Å². The molecule has 0 aliphatic rings. The van der Waals surface area contributed by atoms with E-state index in [1.165, 1.54) is 0 Å². The topological polar surface area (TPSA) is 94.0 Å². The Morgan fingerprint density at radius 2 is 2.05 bits per heavy atom. The molecule has 0 saturated carbocycles. The number of nitrogens with two attached hydrogens (primary N) is 1. The quantitative estimate of drug-likeness (QED) is 0.817. The summed E-state index contributed by atoms with van der Waals surface area (Å²) in [5.74, 6) is -0.744. The van der Waals surface area contributed by atoms with Crippen LogP contribution in [0, 0.1) is 0 Å². The van der Waals surface area contributed by atoms with Gasteiger partial charge in [0, 0.05) is 5.02 Å². The smallest absolute Gasteiger partial charge is 0.313 e. The van der Waals surface area contributed by atoms with Crippen LogP contribution in [0.15, 0.2) is 29.4 Å². The predicted octanol–water partition coefficient (Wildman–Crippen LogP) is 1.74. The van der Waals surface area contributed by atoms with E-state index in [4.69, 9.17) is 22.4 Å². The lowest BCUT2D eigenvalue weighted by Gasteiger charge is -2.07. The lowest BCUT2D eigenvalue weighted by molar-refractivity contribution is -0.133. The summed E-state index contributed by atoms with van der Waals surface area (Å²) in [6, 6.07) is 7.30. The van der Waals surface area contributed by atoms with Crippen LogP contribution in [0.5, 0.6) is 0 Å². The van der Waals surface area contributed by atoms with E-state index < -0.39 is 5.97 Å². The Bertz CT molecular complexity index is 585. The van der Waals surface area contributed by atoms with Gasteiger partial charge < -0.3 is 10.8 Å². The van der Waals surface area contributed by atoms with Gasteiger partial charge in [0.2, 0.25) is 5.95 Å². The highest BCUT2D eigenvalue weighted by Crippen LogP contribution is 2.20. The molecule has 0 aliphatic heterocycles. The normalized spacial score (nSPS) is 10.6. The number of nitrogens with zero attached hydrogens (tertiary/aromatic N) is 3. The van der Waals surface area contributed by atoms with Crippen LogP contribution in [0.1, 0.15) is 5.56 Å². The van der Waals surface area contributed by atoms with E-state index in [9.17, 15) is 4.79 Å². The molecular weight excluding hydrogens is 288 g/mol. The number of carboxylic acid groups (broad SMARTS) is 1. The third-order valence-corrected chi connectivity index (χ3v) is 3.53. The molecule has 3 N–H and O–H groups in total. The zero-order valence-electron chi connectivity index (χ0n) is 9.78. The first-order valence-electron chi connectivity index (χ1n) is 5.34. The molecule has 0 radical (unpaired) electrons. The molecule has 1 heterocycles. The van der Waals surface area contributed by atoms with Crippen molar-refractivity contribution in [2.24, 2.45) is 0 Å². The summed E-state index contributed by atoms with van der Waals surface area (Å²) in [7, 11) is 0. The molecule has 6 nitrogen and oxygen atoms in total. The molecular formula is C11H11ClN4O2S. The van der Waals surface area contributed by atoms with Crippen molar-refractivity contribution < 1.29 is 9.90 Å². The molecule has 1 aromatic carbocycles. The Hall–Kier alpha value is -1.73. The van der Waals surface area contributed by atoms with Crippen molar-refractivity contribution >= 4 is 35.3 Å². The molecule has 0 aliphatic carbocycles. The number of halogens is 1. The van der Waals surface area contributed by atoms with Gasteiger partial charge in [0.05, 0.1) is 12.3 Å². The first-order chi connectivity index (χ1) is 9.06. The summed E-state index contributed by atoms with van der Waals surface area (Å²) in [5, 5.41) is 17.4. The molecule has 2 rings (SSSR count). The average molecular weight is 299 g/mol. The highest BCUT2D eigenvalue weighted by molar-refractivity contribution is 7.99. The van der Waals surface area contributed by atoms with Gasteiger partial charge in [-0.2, -0.15) is 0 Å². The van der Waals surface area contributed by atoms with Gasteiger partial charge in [0.1, 0.15) is 0 Å². The van der Waals surface area contributed by atoms with Gasteiger partial charge in [-0.3, -0.25) is 9.36 Å². The number of benzene rings is 1. The number of aromatic nitrogens is 3. The highest BCUT2D eigenvalue weighted by Gasteiger charge is 2.12. The van der Waals surface area contributed by atoms with Crippen molar-refractivity contribution in [2.45, 2.75) is 11.7 Å². The van der Waals surface area contributed by atoms with Gasteiger partial charge in [-0.05, 0) is 17.7 Å². The summed E-state index contributed by atoms with van der Waals surface area (Å²) in [6.07, 6.45) is 0. The zero-order valence-corrected chi connectivity index (χ0v) is 11.4. The molecule has 1 aromatic heterocycles. The Morgan fingerprint density at radius 1 is 1.37 bits per heavy atom. The van der Waals surface area contributed by atoms with E-state index in [1.807, 2.05) is 12.1 Å². The van der Waals surface area contributed by atoms with Crippen LogP contribution in [-0.2, 0) is 11.3 Å². The molecule has 0 spiro atoms. The SMILES string of the molecule is Nc1nnc(SCC(=O)O)n1Cc1ccc(Cl)cc1. The fourth-order valence-corrected chi connectivity index (χ4v) is 2.25. The average Bonchev–Trinajstić information content (AvgIpc) is 2.71. The van der Waals surface area contributed by atoms with Crippen molar-refractivity contribution in [3.8, 4) is 0 Å². The maximum Gasteiger partial charge on any atom is 0.313 e. The number of rotatable bonds is 5. The van der Waals surface area contributed by atoms with Crippen molar-refractivity contribution in [1.29, 1.82) is 0 Å². The largest absolute Gasteiger partial charge is 0.481 e. The number of thioether (sulfide) groups is 1. The van der Waals surface area contributed by atoms with E-state index in [-0.39, 0.29) is 11.7 Å². The van der Waals surface area contributed by atoms with Crippen LogP contribution in [-0.4, -0.2) is 31.6 Å². The molecule has 0 atom stereocenters. The fourth-order valence-electron chi connectivity index (χ4n) is 1.45. The summed E-state index contributed by atoms with van der Waals surface area (Å²) in [6.45, 7) is 0.470. The zero-order chi connectivity index (χ0) is 13.8. The van der Waals surface area contributed by atoms with Gasteiger partial charge in [0.15, 0.2) is 5.16 Å². The van der Waals surface area contributed by atoms with Crippen molar-refractivity contribution in [3.05, 3.63) is 34.9 Å². The predicted molar refractivity (Wildman–Crippen MR) is 73.3 cm³/mol. The number of hydrogen-bond donors (Lipinski definition) is 2. The molecule has 0 fully saturated rings. The second-order valence-electron chi connectivity index (χ2n) is 3.74. The molecule has 0 bridgehead atoms. The monoisotopic (exact) mass is 298 g/mol. The highest BCUT2D eigenvalue weighted by atomic mass is 35.5. The van der Waals surface area contributed by atoms with Crippen LogP contribution in [0.3, 0.4) is 0 Å². The first-order valence-corrected chi connectivity index (χ1v) is 6.70. The fraction of sp³-hybridized carbons (Fsp3) is 0.182. The lowest BCUT2D eigenvalue weighted by Crippen LogP contribution is -2.07. The van der Waals surface area contributed by atoms with Crippen molar-refractivity contribution in [1.82, 2.24) is 14.8 Å². The molecule has 100 valence electrons. The minimum atomic E-state index is -0.912. The number of nitrogen functional groups attached to an aromatic ring is 1. The second-order valence-corrected chi connectivity index (χ2v) is 5.11. The van der Waals surface area contributed by atoms with Crippen molar-refractivity contribution in [2.75, 3.05) is 11.5 Å². The Morgan fingerprint density at radius 3 is 2.68 bits per heavy atom. The van der Waals surface area contributed by atoms with Crippen LogP contribution in [0.2, 0.25) is 5.02 Å². The number of anilines is 1. The summed E-state index contributed by atoms with van der Waals surface area (Å²) in [5.41, 5.74) is 6.71. The van der Waals surface area contributed by atoms with E-state index in [2.05, 4.69) is 10.2 Å². The molecule has 8 heteroatoms.